The molecule has 0 bridgehead atoms. The number of guanidine groups is 1. The van der Waals surface area contributed by atoms with E-state index in [0.717, 1.165) is 34.9 Å². The van der Waals surface area contributed by atoms with Crippen LogP contribution in [0.5, 0.6) is 5.75 Å². The van der Waals surface area contributed by atoms with Crippen LogP contribution in [0.2, 0.25) is 5.02 Å². The van der Waals surface area contributed by atoms with Crippen molar-refractivity contribution in [3.8, 4) is 17.1 Å². The van der Waals surface area contributed by atoms with Gasteiger partial charge in [-0.05, 0) is 49.7 Å². The average Bonchev–Trinajstić information content (AvgIpc) is 3.22. The highest BCUT2D eigenvalue weighted by atomic mass is 127. The van der Waals surface area contributed by atoms with Crippen LogP contribution in [0.4, 0.5) is 0 Å². The summed E-state index contributed by atoms with van der Waals surface area (Å²) in [6.07, 6.45) is 0.582. The van der Waals surface area contributed by atoms with Crippen molar-refractivity contribution in [2.24, 2.45) is 4.99 Å². The van der Waals surface area contributed by atoms with Gasteiger partial charge in [0.25, 0.3) is 0 Å². The van der Waals surface area contributed by atoms with Gasteiger partial charge in [-0.2, -0.15) is 4.98 Å². The smallest absolute Gasteiger partial charge is 0.228 e. The summed E-state index contributed by atoms with van der Waals surface area (Å²) >= 11 is 5.92. The van der Waals surface area contributed by atoms with Crippen molar-refractivity contribution in [2.45, 2.75) is 26.8 Å². The minimum atomic E-state index is 0. The molecular weight excluding hydrogens is 529 g/mol. The molecule has 7 nitrogen and oxygen atoms in total. The average molecular weight is 556 g/mol. The van der Waals surface area contributed by atoms with Gasteiger partial charge in [0.05, 0.1) is 13.7 Å². The van der Waals surface area contributed by atoms with Gasteiger partial charge in [0.2, 0.25) is 11.7 Å². The monoisotopic (exact) mass is 555 g/mol. The van der Waals surface area contributed by atoms with Crippen LogP contribution in [0.25, 0.3) is 11.4 Å². The molecule has 31 heavy (non-hydrogen) atoms. The van der Waals surface area contributed by atoms with E-state index in [1.165, 1.54) is 0 Å². The Morgan fingerprint density at radius 2 is 1.94 bits per heavy atom. The Bertz CT molecular complexity index is 992. The number of nitrogens with zero attached hydrogens (tertiary/aromatic N) is 3. The predicted molar refractivity (Wildman–Crippen MR) is 134 cm³/mol. The molecule has 0 amide bonds. The third-order valence-electron chi connectivity index (χ3n) is 4.40. The van der Waals surface area contributed by atoms with E-state index in [9.17, 15) is 0 Å². The first kappa shape index (κ1) is 24.9. The van der Waals surface area contributed by atoms with E-state index in [0.29, 0.717) is 36.2 Å². The molecule has 0 aliphatic rings. The molecule has 0 radical (unpaired) electrons. The van der Waals surface area contributed by atoms with Gasteiger partial charge in [-0.15, -0.1) is 24.0 Å². The summed E-state index contributed by atoms with van der Waals surface area (Å²) in [4.78, 5) is 9.09. The fourth-order valence-electron chi connectivity index (χ4n) is 2.85. The number of ether oxygens (including phenoxy) is 1. The van der Waals surface area contributed by atoms with E-state index in [1.807, 2.05) is 38.1 Å². The van der Waals surface area contributed by atoms with Crippen molar-refractivity contribution < 1.29 is 9.26 Å². The molecule has 2 aromatic carbocycles. The molecule has 0 aliphatic heterocycles. The lowest BCUT2D eigenvalue weighted by Gasteiger charge is -2.12. The van der Waals surface area contributed by atoms with Crippen LogP contribution in [-0.4, -0.2) is 36.3 Å². The normalized spacial score (nSPS) is 11.0. The van der Waals surface area contributed by atoms with E-state index < -0.39 is 0 Å². The number of hydrogen-bond acceptors (Lipinski definition) is 5. The molecule has 3 aromatic rings. The molecule has 0 unspecified atom stereocenters. The Balaban J connectivity index is 0.00000341. The molecule has 166 valence electrons. The minimum absolute atomic E-state index is 0. The molecule has 9 heteroatoms. The molecule has 0 aliphatic carbocycles. The second kappa shape index (κ2) is 12.5. The highest BCUT2D eigenvalue weighted by molar-refractivity contribution is 14.0. The van der Waals surface area contributed by atoms with Crippen molar-refractivity contribution >= 4 is 41.5 Å². The number of hydrogen-bond donors (Lipinski definition) is 2. The zero-order chi connectivity index (χ0) is 21.3. The van der Waals surface area contributed by atoms with Gasteiger partial charge in [-0.1, -0.05) is 28.9 Å². The van der Waals surface area contributed by atoms with Crippen LogP contribution in [0.15, 0.2) is 52.0 Å². The second-order valence-electron chi connectivity index (χ2n) is 6.71. The van der Waals surface area contributed by atoms with Crippen molar-refractivity contribution in [1.82, 2.24) is 20.8 Å². The first-order valence-corrected chi connectivity index (χ1v) is 10.2. The summed E-state index contributed by atoms with van der Waals surface area (Å²) in [5.74, 6) is 2.67. The van der Waals surface area contributed by atoms with Crippen molar-refractivity contribution in [2.75, 3.05) is 20.2 Å². The number of rotatable bonds is 8. The van der Waals surface area contributed by atoms with Crippen LogP contribution in [0.3, 0.4) is 0 Å². The highest BCUT2D eigenvalue weighted by Gasteiger charge is 2.09. The standard InChI is InChI=1S/C22H26ClN5O2.HI/c1-4-24-22(26-14-17-6-5-15(2)13-19(17)29-3)25-12-11-20-27-21(28-30-20)16-7-9-18(23)10-8-16;/h5-10,13H,4,11-12,14H2,1-3H3,(H2,24,25,26);1H. The molecule has 0 spiro atoms. The van der Waals surface area contributed by atoms with Gasteiger partial charge in [0, 0.05) is 35.7 Å². The van der Waals surface area contributed by atoms with Gasteiger partial charge in [-0.25, -0.2) is 4.99 Å². The van der Waals surface area contributed by atoms with Crippen LogP contribution in [0, 0.1) is 6.92 Å². The van der Waals surface area contributed by atoms with E-state index in [4.69, 9.17) is 20.9 Å². The van der Waals surface area contributed by atoms with Crippen LogP contribution >= 0.6 is 35.6 Å². The van der Waals surface area contributed by atoms with Crippen LogP contribution < -0.4 is 15.4 Å². The zero-order valence-corrected chi connectivity index (χ0v) is 20.9. The highest BCUT2D eigenvalue weighted by Crippen LogP contribution is 2.21. The maximum atomic E-state index is 5.92. The van der Waals surface area contributed by atoms with Gasteiger partial charge >= 0.3 is 0 Å². The third-order valence-corrected chi connectivity index (χ3v) is 4.65. The first-order valence-electron chi connectivity index (χ1n) is 9.83. The Kier molecular flexibility index (Phi) is 10.1. The fourth-order valence-corrected chi connectivity index (χ4v) is 2.97. The Morgan fingerprint density at radius 3 is 2.65 bits per heavy atom. The topological polar surface area (TPSA) is 84.6 Å². The Labute approximate surface area is 204 Å². The minimum Gasteiger partial charge on any atom is -0.496 e. The molecule has 1 heterocycles. The third kappa shape index (κ3) is 7.39. The number of aryl methyl sites for hydroxylation is 1. The van der Waals surface area contributed by atoms with Gasteiger partial charge in [-0.3, -0.25) is 0 Å². The number of aromatic nitrogens is 2. The Hall–Kier alpha value is -2.33. The lowest BCUT2D eigenvalue weighted by atomic mass is 10.1. The second-order valence-corrected chi connectivity index (χ2v) is 7.14. The molecule has 0 saturated heterocycles. The SMILES string of the molecule is CCNC(=NCc1ccc(C)cc1OC)NCCc1nc(-c2ccc(Cl)cc2)no1.I. The largest absolute Gasteiger partial charge is 0.496 e. The number of halogens is 2. The Morgan fingerprint density at radius 1 is 1.16 bits per heavy atom. The fraction of sp³-hybridized carbons (Fsp3) is 0.318. The van der Waals surface area contributed by atoms with Gasteiger partial charge in [0.15, 0.2) is 5.96 Å². The summed E-state index contributed by atoms with van der Waals surface area (Å²) < 4.78 is 10.8. The van der Waals surface area contributed by atoms with E-state index >= 15 is 0 Å². The lowest BCUT2D eigenvalue weighted by molar-refractivity contribution is 0.378. The van der Waals surface area contributed by atoms with Gasteiger partial charge < -0.3 is 19.9 Å². The van der Waals surface area contributed by atoms with Gasteiger partial charge in [0.1, 0.15) is 5.75 Å². The molecule has 2 N–H and O–H groups in total. The number of methoxy groups -OCH3 is 1. The van der Waals surface area contributed by atoms with Crippen molar-refractivity contribution in [3.05, 3.63) is 64.5 Å². The summed E-state index contributed by atoms with van der Waals surface area (Å²) in [7, 11) is 1.67. The molecule has 3 rings (SSSR count). The maximum Gasteiger partial charge on any atom is 0.228 e. The molecule has 0 atom stereocenters. The predicted octanol–water partition coefficient (Wildman–Crippen LogP) is 4.62. The molecule has 1 aromatic heterocycles. The maximum absolute atomic E-state index is 5.92. The summed E-state index contributed by atoms with van der Waals surface area (Å²) in [5, 5.41) is 11.2. The number of benzene rings is 2. The zero-order valence-electron chi connectivity index (χ0n) is 17.8. The van der Waals surface area contributed by atoms with Crippen LogP contribution in [-0.2, 0) is 13.0 Å². The molecule has 0 saturated carbocycles. The molecular formula is C22H27ClIN5O2. The first-order chi connectivity index (χ1) is 14.6. The van der Waals surface area contributed by atoms with E-state index in [-0.39, 0.29) is 24.0 Å². The summed E-state index contributed by atoms with van der Waals surface area (Å²) in [6, 6.07) is 13.4. The summed E-state index contributed by atoms with van der Waals surface area (Å²) in [6.45, 7) is 5.95. The number of nitrogens with one attached hydrogen (secondary N) is 2. The van der Waals surface area contributed by atoms with Crippen LogP contribution in [0.1, 0.15) is 23.9 Å². The number of aliphatic imine (C=N–C) groups is 1. The molecule has 0 fully saturated rings. The quantitative estimate of drug-likeness (QED) is 0.240. The summed E-state index contributed by atoms with van der Waals surface area (Å²) in [5.41, 5.74) is 3.05. The van der Waals surface area contributed by atoms with E-state index in [2.05, 4.69) is 31.8 Å². The van der Waals surface area contributed by atoms with Crippen molar-refractivity contribution in [1.29, 1.82) is 0 Å². The lowest BCUT2D eigenvalue weighted by Crippen LogP contribution is -2.38. The van der Waals surface area contributed by atoms with E-state index in [1.54, 1.807) is 19.2 Å². The van der Waals surface area contributed by atoms with Crippen molar-refractivity contribution in [3.63, 3.8) is 0 Å².